The maximum Gasteiger partial charge on any atom is 0.254 e. The number of amides is 2. The van der Waals surface area contributed by atoms with Crippen molar-refractivity contribution in [3.63, 3.8) is 0 Å². The summed E-state index contributed by atoms with van der Waals surface area (Å²) in [5.41, 5.74) is 0.524. The van der Waals surface area contributed by atoms with Crippen LogP contribution >= 0.6 is 0 Å². The number of nitrogens with zero attached hydrogens (tertiary/aromatic N) is 4. The molecule has 1 aromatic carbocycles. The van der Waals surface area contributed by atoms with E-state index in [0.29, 0.717) is 24.4 Å². The van der Waals surface area contributed by atoms with E-state index in [1.165, 1.54) is 25.0 Å². The first-order valence-corrected chi connectivity index (χ1v) is 10.8. The van der Waals surface area contributed by atoms with Gasteiger partial charge in [-0.2, -0.15) is 0 Å². The number of benzene rings is 1. The number of imidazole rings is 1. The lowest BCUT2D eigenvalue weighted by Gasteiger charge is -2.39. The molecule has 3 fully saturated rings. The predicted octanol–water partition coefficient (Wildman–Crippen LogP) is 3.17. The van der Waals surface area contributed by atoms with E-state index in [-0.39, 0.29) is 17.9 Å². The molecule has 0 unspecified atom stereocenters. The van der Waals surface area contributed by atoms with Gasteiger partial charge in [0.25, 0.3) is 5.91 Å². The van der Waals surface area contributed by atoms with Gasteiger partial charge in [-0.05, 0) is 56.2 Å². The van der Waals surface area contributed by atoms with Gasteiger partial charge in [-0.25, -0.2) is 9.37 Å². The van der Waals surface area contributed by atoms with Crippen molar-refractivity contribution in [1.82, 2.24) is 19.4 Å². The molecule has 2 aromatic rings. The third-order valence-electron chi connectivity index (χ3n) is 6.83. The summed E-state index contributed by atoms with van der Waals surface area (Å²) in [6.45, 7) is 2.01. The van der Waals surface area contributed by atoms with Crippen molar-refractivity contribution in [3.05, 3.63) is 53.9 Å². The van der Waals surface area contributed by atoms with Crippen molar-refractivity contribution in [2.24, 2.45) is 18.4 Å². The molecule has 2 atom stereocenters. The highest BCUT2D eigenvalue weighted by atomic mass is 19.1. The van der Waals surface area contributed by atoms with Crippen LogP contribution in [0, 0.1) is 17.2 Å². The molecule has 1 aliphatic carbocycles. The molecule has 2 amide bonds. The van der Waals surface area contributed by atoms with Gasteiger partial charge in [-0.1, -0.05) is 6.07 Å². The Morgan fingerprint density at radius 2 is 2.17 bits per heavy atom. The van der Waals surface area contributed by atoms with Gasteiger partial charge in [-0.3, -0.25) is 9.59 Å². The van der Waals surface area contributed by atoms with Gasteiger partial charge in [0, 0.05) is 38.4 Å². The Bertz CT molecular complexity index is 985. The molecule has 1 spiro atoms. The van der Waals surface area contributed by atoms with Crippen molar-refractivity contribution < 1.29 is 14.0 Å². The molecule has 30 heavy (non-hydrogen) atoms. The molecule has 0 N–H and O–H groups in total. The fourth-order valence-electron chi connectivity index (χ4n) is 5.13. The maximum atomic E-state index is 13.8. The Kier molecular flexibility index (Phi) is 4.64. The second-order valence-electron chi connectivity index (χ2n) is 9.21. The topological polar surface area (TPSA) is 58.4 Å². The van der Waals surface area contributed by atoms with E-state index in [9.17, 15) is 14.0 Å². The van der Waals surface area contributed by atoms with Gasteiger partial charge in [-0.15, -0.1) is 0 Å². The van der Waals surface area contributed by atoms with E-state index in [2.05, 4.69) is 4.98 Å². The number of aromatic nitrogens is 2. The van der Waals surface area contributed by atoms with Crippen LogP contribution < -0.4 is 0 Å². The minimum Gasteiger partial charge on any atom is -0.342 e. The van der Waals surface area contributed by atoms with Gasteiger partial charge in [0.05, 0.1) is 23.5 Å². The van der Waals surface area contributed by atoms with E-state index in [0.717, 1.165) is 31.6 Å². The van der Waals surface area contributed by atoms with Gasteiger partial charge >= 0.3 is 0 Å². The Labute approximate surface area is 175 Å². The summed E-state index contributed by atoms with van der Waals surface area (Å²) in [7, 11) is 1.89. The zero-order chi connectivity index (χ0) is 20.9. The molecule has 2 saturated heterocycles. The molecule has 158 valence electrons. The summed E-state index contributed by atoms with van der Waals surface area (Å²) in [6.07, 6.45) is 8.34. The summed E-state index contributed by atoms with van der Waals surface area (Å²) >= 11 is 0. The van der Waals surface area contributed by atoms with Crippen LogP contribution in [-0.4, -0.2) is 50.8 Å². The van der Waals surface area contributed by atoms with Gasteiger partial charge in [0.15, 0.2) is 0 Å². The number of halogens is 1. The molecule has 1 saturated carbocycles. The number of carbonyl (C=O) groups excluding carboxylic acids is 2. The lowest BCUT2D eigenvalue weighted by atomic mass is 9.76. The van der Waals surface area contributed by atoms with Crippen LogP contribution in [0.15, 0.2) is 36.8 Å². The molecule has 3 aliphatic rings. The summed E-state index contributed by atoms with van der Waals surface area (Å²) < 4.78 is 15.6. The SMILES string of the molecule is Cn1cnc([C@@H]2C[C@]3(CCCN(CC4CC4)C3=O)CN2C(=O)c2cccc(F)c2)c1. The third kappa shape index (κ3) is 3.40. The van der Waals surface area contributed by atoms with Crippen LogP contribution in [0.1, 0.15) is 54.2 Å². The van der Waals surface area contributed by atoms with Crippen molar-refractivity contribution in [2.45, 2.75) is 38.1 Å². The van der Waals surface area contributed by atoms with Gasteiger partial charge < -0.3 is 14.4 Å². The van der Waals surface area contributed by atoms with Crippen molar-refractivity contribution in [2.75, 3.05) is 19.6 Å². The van der Waals surface area contributed by atoms with Gasteiger partial charge in [0.1, 0.15) is 5.82 Å². The second kappa shape index (κ2) is 7.22. The van der Waals surface area contributed by atoms with Crippen LogP contribution in [0.3, 0.4) is 0 Å². The maximum absolute atomic E-state index is 13.8. The molecule has 2 aliphatic heterocycles. The Balaban J connectivity index is 1.48. The first kappa shape index (κ1) is 19.3. The number of hydrogen-bond donors (Lipinski definition) is 0. The van der Waals surface area contributed by atoms with Crippen LogP contribution in [0.2, 0.25) is 0 Å². The zero-order valence-electron chi connectivity index (χ0n) is 17.3. The molecular weight excluding hydrogens is 383 g/mol. The van der Waals surface area contributed by atoms with E-state index in [1.807, 2.05) is 22.7 Å². The number of hydrogen-bond acceptors (Lipinski definition) is 3. The van der Waals surface area contributed by atoms with E-state index in [4.69, 9.17) is 0 Å². The highest BCUT2D eigenvalue weighted by Gasteiger charge is 2.54. The molecule has 1 aromatic heterocycles. The summed E-state index contributed by atoms with van der Waals surface area (Å²) in [5.74, 6) is 0.140. The summed E-state index contributed by atoms with van der Waals surface area (Å²) in [5, 5.41) is 0. The van der Waals surface area contributed by atoms with Crippen LogP contribution in [0.4, 0.5) is 4.39 Å². The van der Waals surface area contributed by atoms with E-state index < -0.39 is 11.2 Å². The summed E-state index contributed by atoms with van der Waals surface area (Å²) in [6, 6.07) is 5.50. The standard InChI is InChI=1S/C23H27FN4O2/c1-26-13-19(25-15-26)20-11-23(8-3-9-27(22(23)30)12-16-6-7-16)14-28(20)21(29)17-4-2-5-18(24)10-17/h2,4-5,10,13,15-16,20H,3,6-9,11-12,14H2,1H3/t20-,23+/m0/s1. The zero-order valence-corrected chi connectivity index (χ0v) is 17.3. The molecule has 0 radical (unpaired) electrons. The minimum absolute atomic E-state index is 0.177. The number of aryl methyl sites for hydroxylation is 1. The average molecular weight is 410 g/mol. The first-order chi connectivity index (χ1) is 14.4. The number of rotatable bonds is 4. The van der Waals surface area contributed by atoms with Crippen molar-refractivity contribution in [1.29, 1.82) is 0 Å². The number of piperidine rings is 1. The fraction of sp³-hybridized carbons (Fsp3) is 0.522. The molecule has 0 bridgehead atoms. The largest absolute Gasteiger partial charge is 0.342 e. The van der Waals surface area contributed by atoms with E-state index >= 15 is 0 Å². The Hall–Kier alpha value is -2.70. The number of likely N-dealkylation sites (tertiary alicyclic amines) is 2. The van der Waals surface area contributed by atoms with Crippen molar-refractivity contribution in [3.8, 4) is 0 Å². The molecule has 5 rings (SSSR count). The highest BCUT2D eigenvalue weighted by molar-refractivity contribution is 5.96. The molecule has 7 heteroatoms. The minimum atomic E-state index is -0.571. The molecule has 3 heterocycles. The lowest BCUT2D eigenvalue weighted by Crippen LogP contribution is -2.50. The van der Waals surface area contributed by atoms with Gasteiger partial charge in [0.2, 0.25) is 5.91 Å². The lowest BCUT2D eigenvalue weighted by molar-refractivity contribution is -0.145. The van der Waals surface area contributed by atoms with Crippen LogP contribution in [-0.2, 0) is 11.8 Å². The molecular formula is C23H27FN4O2. The van der Waals surface area contributed by atoms with E-state index in [1.54, 1.807) is 23.4 Å². The first-order valence-electron chi connectivity index (χ1n) is 10.8. The normalized spacial score (nSPS) is 26.6. The average Bonchev–Trinajstić information content (AvgIpc) is 3.31. The monoisotopic (exact) mass is 410 g/mol. The van der Waals surface area contributed by atoms with Crippen LogP contribution in [0.25, 0.3) is 0 Å². The fourth-order valence-corrected chi connectivity index (χ4v) is 5.13. The molecule has 6 nitrogen and oxygen atoms in total. The highest BCUT2D eigenvalue weighted by Crippen LogP contribution is 2.49. The Morgan fingerprint density at radius 1 is 1.33 bits per heavy atom. The van der Waals surface area contributed by atoms with Crippen LogP contribution in [0.5, 0.6) is 0 Å². The summed E-state index contributed by atoms with van der Waals surface area (Å²) in [4.78, 5) is 35.2. The third-order valence-corrected chi connectivity index (χ3v) is 6.83. The number of carbonyl (C=O) groups is 2. The quantitative estimate of drug-likeness (QED) is 0.778. The van der Waals surface area contributed by atoms with Crippen molar-refractivity contribution >= 4 is 11.8 Å². The predicted molar refractivity (Wildman–Crippen MR) is 109 cm³/mol. The smallest absolute Gasteiger partial charge is 0.254 e. The Morgan fingerprint density at radius 3 is 2.87 bits per heavy atom. The second-order valence-corrected chi connectivity index (χ2v) is 9.21.